The molecular formula is C25H24BrNO5. The van der Waals surface area contributed by atoms with Gasteiger partial charge in [0.05, 0.1) is 23.8 Å². The first-order chi connectivity index (χ1) is 15.4. The van der Waals surface area contributed by atoms with Crippen LogP contribution in [0.2, 0.25) is 0 Å². The molecule has 1 atom stereocenters. The molecule has 0 bridgehead atoms. The van der Waals surface area contributed by atoms with Crippen molar-refractivity contribution in [3.8, 4) is 22.6 Å². The van der Waals surface area contributed by atoms with Crippen LogP contribution in [0.1, 0.15) is 24.2 Å². The van der Waals surface area contributed by atoms with Gasteiger partial charge in [0.25, 0.3) is 5.91 Å². The van der Waals surface area contributed by atoms with Crippen molar-refractivity contribution in [2.45, 2.75) is 20.0 Å². The summed E-state index contributed by atoms with van der Waals surface area (Å²) in [5.74, 6) is -0.193. The third-order valence-corrected chi connectivity index (χ3v) is 5.27. The number of amides is 1. The predicted molar refractivity (Wildman–Crippen MR) is 127 cm³/mol. The van der Waals surface area contributed by atoms with E-state index in [2.05, 4.69) is 21.2 Å². The number of carbonyl (C=O) groups is 2. The van der Waals surface area contributed by atoms with E-state index in [0.29, 0.717) is 28.3 Å². The van der Waals surface area contributed by atoms with E-state index in [1.807, 2.05) is 61.5 Å². The van der Waals surface area contributed by atoms with E-state index >= 15 is 0 Å². The van der Waals surface area contributed by atoms with Gasteiger partial charge in [-0.25, -0.2) is 4.79 Å². The second-order valence-electron chi connectivity index (χ2n) is 6.87. The Morgan fingerprint density at radius 2 is 1.72 bits per heavy atom. The number of esters is 1. The smallest absolute Gasteiger partial charge is 0.339 e. The fourth-order valence-electron chi connectivity index (χ4n) is 3.10. The summed E-state index contributed by atoms with van der Waals surface area (Å²) in [6, 6.07) is 20.3. The van der Waals surface area contributed by atoms with E-state index in [1.54, 1.807) is 6.07 Å². The number of halogens is 1. The lowest BCUT2D eigenvalue weighted by Gasteiger charge is -2.17. The Morgan fingerprint density at radius 1 is 1.03 bits per heavy atom. The lowest BCUT2D eigenvalue weighted by atomic mass is 10.0. The molecule has 166 valence electrons. The summed E-state index contributed by atoms with van der Waals surface area (Å²) >= 11 is 3.39. The number of rotatable bonds is 8. The van der Waals surface area contributed by atoms with Crippen molar-refractivity contribution in [2.24, 2.45) is 0 Å². The maximum Gasteiger partial charge on any atom is 0.339 e. The summed E-state index contributed by atoms with van der Waals surface area (Å²) in [7, 11) is 1.49. The van der Waals surface area contributed by atoms with Crippen molar-refractivity contribution in [3.63, 3.8) is 0 Å². The van der Waals surface area contributed by atoms with Crippen LogP contribution in [0.15, 0.2) is 71.2 Å². The van der Waals surface area contributed by atoms with Crippen molar-refractivity contribution in [1.29, 1.82) is 0 Å². The minimum atomic E-state index is -1.01. The molecule has 0 saturated carbocycles. The molecule has 1 N–H and O–H groups in total. The number of benzene rings is 3. The van der Waals surface area contributed by atoms with Crippen LogP contribution >= 0.6 is 15.9 Å². The van der Waals surface area contributed by atoms with E-state index in [4.69, 9.17) is 14.2 Å². The van der Waals surface area contributed by atoms with Gasteiger partial charge in [-0.2, -0.15) is 0 Å². The molecule has 6 nitrogen and oxygen atoms in total. The van der Waals surface area contributed by atoms with Gasteiger partial charge in [0.15, 0.2) is 17.6 Å². The molecule has 0 aliphatic carbocycles. The minimum absolute atomic E-state index is 0.238. The monoisotopic (exact) mass is 497 g/mol. The van der Waals surface area contributed by atoms with Gasteiger partial charge in [0.1, 0.15) is 0 Å². The molecule has 3 aromatic carbocycles. The Labute approximate surface area is 195 Å². The van der Waals surface area contributed by atoms with Gasteiger partial charge in [-0.1, -0.05) is 48.5 Å². The molecule has 0 aliphatic heterocycles. The van der Waals surface area contributed by atoms with Gasteiger partial charge in [0.2, 0.25) is 0 Å². The number of ether oxygens (including phenoxy) is 3. The summed E-state index contributed by atoms with van der Waals surface area (Å²) in [5.41, 5.74) is 2.72. The topological polar surface area (TPSA) is 73.9 Å². The Hall–Kier alpha value is -3.32. The first-order valence-corrected chi connectivity index (χ1v) is 10.9. The van der Waals surface area contributed by atoms with E-state index in [-0.39, 0.29) is 5.56 Å². The summed E-state index contributed by atoms with van der Waals surface area (Å²) in [4.78, 5) is 25.4. The molecule has 0 heterocycles. The summed E-state index contributed by atoms with van der Waals surface area (Å²) < 4.78 is 16.8. The van der Waals surface area contributed by atoms with Gasteiger partial charge in [-0.05, 0) is 53.5 Å². The molecule has 1 unspecified atom stereocenters. The quantitative estimate of drug-likeness (QED) is 0.403. The third kappa shape index (κ3) is 5.48. The van der Waals surface area contributed by atoms with E-state index in [0.717, 1.165) is 11.1 Å². The molecule has 0 fully saturated rings. The van der Waals surface area contributed by atoms with Gasteiger partial charge in [-0.3, -0.25) is 4.79 Å². The molecule has 32 heavy (non-hydrogen) atoms. The number of para-hydroxylation sites is 1. The van der Waals surface area contributed by atoms with Gasteiger partial charge < -0.3 is 19.5 Å². The van der Waals surface area contributed by atoms with E-state index < -0.39 is 18.0 Å². The zero-order valence-electron chi connectivity index (χ0n) is 18.1. The van der Waals surface area contributed by atoms with Gasteiger partial charge in [-0.15, -0.1) is 0 Å². The second kappa shape index (κ2) is 10.8. The summed E-state index contributed by atoms with van der Waals surface area (Å²) in [6.07, 6.45) is -1.01. The highest BCUT2D eigenvalue weighted by molar-refractivity contribution is 9.10. The number of nitrogens with one attached hydrogen (secondary N) is 1. The van der Waals surface area contributed by atoms with Crippen LogP contribution in [-0.4, -0.2) is 31.7 Å². The van der Waals surface area contributed by atoms with Crippen molar-refractivity contribution < 1.29 is 23.8 Å². The second-order valence-corrected chi connectivity index (χ2v) is 7.73. The van der Waals surface area contributed by atoms with Crippen molar-refractivity contribution in [2.75, 3.05) is 19.0 Å². The molecule has 3 rings (SSSR count). The summed E-state index contributed by atoms with van der Waals surface area (Å²) in [6.45, 7) is 3.82. The summed E-state index contributed by atoms with van der Waals surface area (Å²) in [5, 5.41) is 2.86. The average molecular weight is 498 g/mol. The highest BCUT2D eigenvalue weighted by atomic mass is 79.9. The molecule has 7 heteroatoms. The van der Waals surface area contributed by atoms with E-state index in [9.17, 15) is 9.59 Å². The molecular weight excluding hydrogens is 474 g/mol. The van der Waals surface area contributed by atoms with Gasteiger partial charge in [0, 0.05) is 11.3 Å². The van der Waals surface area contributed by atoms with Crippen molar-refractivity contribution >= 4 is 33.5 Å². The number of carbonyl (C=O) groups excluding carboxylic acids is 2. The highest BCUT2D eigenvalue weighted by Gasteiger charge is 2.22. The van der Waals surface area contributed by atoms with Crippen LogP contribution in [0.5, 0.6) is 11.5 Å². The standard InChI is InChI=1S/C25H24BrNO5/c1-4-31-23-20(26)14-18(15-22(23)30-3)25(29)32-16(2)24(28)27-21-13-9-8-12-19(21)17-10-6-5-7-11-17/h5-16H,4H2,1-3H3,(H,27,28). The van der Waals surface area contributed by atoms with Crippen LogP contribution in [0.3, 0.4) is 0 Å². The Bertz CT molecular complexity index is 1100. The van der Waals surface area contributed by atoms with Crippen LogP contribution in [0, 0.1) is 0 Å². The van der Waals surface area contributed by atoms with Crippen molar-refractivity contribution in [3.05, 3.63) is 76.8 Å². The predicted octanol–water partition coefficient (Wildman–Crippen LogP) is 5.71. The van der Waals surface area contributed by atoms with Crippen LogP contribution in [0.4, 0.5) is 5.69 Å². The zero-order chi connectivity index (χ0) is 23.1. The Balaban J connectivity index is 1.73. The lowest BCUT2D eigenvalue weighted by Crippen LogP contribution is -2.30. The third-order valence-electron chi connectivity index (χ3n) is 4.68. The van der Waals surface area contributed by atoms with Crippen LogP contribution < -0.4 is 14.8 Å². The SMILES string of the molecule is CCOc1c(Br)cc(C(=O)OC(C)C(=O)Nc2ccccc2-c2ccccc2)cc1OC. The molecule has 3 aromatic rings. The normalized spacial score (nSPS) is 11.4. The lowest BCUT2D eigenvalue weighted by molar-refractivity contribution is -0.123. The largest absolute Gasteiger partial charge is 0.493 e. The number of methoxy groups -OCH3 is 1. The Morgan fingerprint density at radius 3 is 2.41 bits per heavy atom. The number of anilines is 1. The first kappa shape index (κ1) is 23.3. The van der Waals surface area contributed by atoms with Gasteiger partial charge >= 0.3 is 5.97 Å². The zero-order valence-corrected chi connectivity index (χ0v) is 19.6. The van der Waals surface area contributed by atoms with Crippen molar-refractivity contribution in [1.82, 2.24) is 0 Å². The Kier molecular flexibility index (Phi) is 7.89. The molecule has 0 radical (unpaired) electrons. The first-order valence-electron chi connectivity index (χ1n) is 10.1. The maximum atomic E-state index is 12.7. The van der Waals surface area contributed by atoms with E-state index in [1.165, 1.54) is 20.1 Å². The molecule has 0 spiro atoms. The van der Waals surface area contributed by atoms with Crippen LogP contribution in [0.25, 0.3) is 11.1 Å². The number of hydrogen-bond acceptors (Lipinski definition) is 5. The fourth-order valence-corrected chi connectivity index (χ4v) is 3.66. The minimum Gasteiger partial charge on any atom is -0.493 e. The highest BCUT2D eigenvalue weighted by Crippen LogP contribution is 2.37. The molecule has 0 aliphatic rings. The number of hydrogen-bond donors (Lipinski definition) is 1. The molecule has 0 saturated heterocycles. The fraction of sp³-hybridized carbons (Fsp3) is 0.200. The maximum absolute atomic E-state index is 12.7. The van der Waals surface area contributed by atoms with Crippen LogP contribution in [-0.2, 0) is 9.53 Å². The molecule has 1 amide bonds. The molecule has 0 aromatic heterocycles. The average Bonchev–Trinajstić information content (AvgIpc) is 2.81.